The molecule has 7 nitrogen and oxygen atoms in total. The van der Waals surface area contributed by atoms with Gasteiger partial charge in [-0.15, -0.1) is 0 Å². The molecule has 0 spiro atoms. The lowest BCUT2D eigenvalue weighted by atomic mass is 10.1. The highest BCUT2D eigenvalue weighted by molar-refractivity contribution is 5.99. The number of carbonyl (C=O) groups excluding carboxylic acids is 1. The number of hydrogen-bond donors (Lipinski definition) is 1. The molecule has 1 unspecified atom stereocenters. The standard InChI is InChI=1S/C17H24N4O3/c1-6-11(4)20(9-15(22)23)17(24)14-7-13-8-18-21(10(2)3)16(13)19-12(14)5/h7-8,10-11H,6,9H2,1-5H3,(H,22,23). The number of nitrogens with zero attached hydrogens (tertiary/aromatic N) is 4. The Bertz CT molecular complexity index is 767. The minimum atomic E-state index is -1.03. The molecule has 0 saturated heterocycles. The largest absolute Gasteiger partial charge is 0.480 e. The zero-order valence-corrected chi connectivity index (χ0v) is 14.8. The Labute approximate surface area is 141 Å². The molecule has 0 aliphatic carbocycles. The van der Waals surface area contributed by atoms with Crippen molar-refractivity contribution in [3.05, 3.63) is 23.5 Å². The van der Waals surface area contributed by atoms with Crippen LogP contribution in [0, 0.1) is 6.92 Å². The van der Waals surface area contributed by atoms with Crippen LogP contribution in [0.4, 0.5) is 0 Å². The van der Waals surface area contributed by atoms with Gasteiger partial charge in [0.05, 0.1) is 17.5 Å². The van der Waals surface area contributed by atoms with E-state index in [1.165, 1.54) is 4.90 Å². The van der Waals surface area contributed by atoms with E-state index in [4.69, 9.17) is 5.11 Å². The van der Waals surface area contributed by atoms with E-state index in [2.05, 4.69) is 10.1 Å². The molecular weight excluding hydrogens is 308 g/mol. The highest BCUT2D eigenvalue weighted by atomic mass is 16.4. The van der Waals surface area contributed by atoms with Crippen LogP contribution in [0.25, 0.3) is 11.0 Å². The number of hydrogen-bond acceptors (Lipinski definition) is 4. The molecule has 0 bridgehead atoms. The number of pyridine rings is 1. The van der Waals surface area contributed by atoms with Gasteiger partial charge in [0.25, 0.3) is 5.91 Å². The molecular formula is C17H24N4O3. The molecule has 1 atom stereocenters. The molecule has 0 saturated carbocycles. The fourth-order valence-corrected chi connectivity index (χ4v) is 2.61. The van der Waals surface area contributed by atoms with Gasteiger partial charge in [0.15, 0.2) is 5.65 Å². The SMILES string of the molecule is CCC(C)N(CC(=O)O)C(=O)c1cc2cnn(C(C)C)c2nc1C. The second kappa shape index (κ2) is 6.98. The Hall–Kier alpha value is -2.44. The first-order valence-corrected chi connectivity index (χ1v) is 8.13. The lowest BCUT2D eigenvalue weighted by Crippen LogP contribution is -2.42. The van der Waals surface area contributed by atoms with E-state index >= 15 is 0 Å². The fourth-order valence-electron chi connectivity index (χ4n) is 2.61. The highest BCUT2D eigenvalue weighted by Crippen LogP contribution is 2.21. The van der Waals surface area contributed by atoms with Crippen molar-refractivity contribution in [3.63, 3.8) is 0 Å². The molecule has 0 radical (unpaired) electrons. The summed E-state index contributed by atoms with van der Waals surface area (Å²) in [5, 5.41) is 14.2. The van der Waals surface area contributed by atoms with Crippen LogP contribution in [0.1, 0.15) is 56.2 Å². The van der Waals surface area contributed by atoms with Crippen molar-refractivity contribution in [1.29, 1.82) is 0 Å². The van der Waals surface area contributed by atoms with Gasteiger partial charge in [-0.25, -0.2) is 9.67 Å². The number of carboxylic acid groups (broad SMARTS) is 1. The third-order valence-electron chi connectivity index (χ3n) is 4.17. The van der Waals surface area contributed by atoms with E-state index < -0.39 is 5.97 Å². The number of aryl methyl sites for hydroxylation is 1. The number of carbonyl (C=O) groups is 2. The zero-order valence-electron chi connectivity index (χ0n) is 14.8. The third-order valence-corrected chi connectivity index (χ3v) is 4.17. The number of rotatable bonds is 6. The smallest absolute Gasteiger partial charge is 0.323 e. The van der Waals surface area contributed by atoms with Crippen molar-refractivity contribution in [2.75, 3.05) is 6.54 Å². The Morgan fingerprint density at radius 1 is 1.33 bits per heavy atom. The third kappa shape index (κ3) is 3.39. The molecule has 7 heteroatoms. The van der Waals surface area contributed by atoms with Crippen LogP contribution >= 0.6 is 0 Å². The van der Waals surface area contributed by atoms with Gasteiger partial charge in [0.1, 0.15) is 6.54 Å². The number of aromatic nitrogens is 3. The molecule has 0 fully saturated rings. The summed E-state index contributed by atoms with van der Waals surface area (Å²) in [6.07, 6.45) is 2.36. The Kier molecular flexibility index (Phi) is 5.21. The molecule has 2 aromatic heterocycles. The van der Waals surface area contributed by atoms with Gasteiger partial charge in [0.2, 0.25) is 0 Å². The molecule has 130 valence electrons. The van der Waals surface area contributed by atoms with E-state index in [9.17, 15) is 9.59 Å². The lowest BCUT2D eigenvalue weighted by Gasteiger charge is -2.27. The van der Waals surface area contributed by atoms with Crippen LogP contribution in [0.15, 0.2) is 12.3 Å². The summed E-state index contributed by atoms with van der Waals surface area (Å²) in [4.78, 5) is 29.9. The van der Waals surface area contributed by atoms with Gasteiger partial charge in [-0.1, -0.05) is 6.92 Å². The molecule has 2 heterocycles. The number of aliphatic carboxylic acids is 1. The summed E-state index contributed by atoms with van der Waals surface area (Å²) in [5.41, 5.74) is 1.73. The topological polar surface area (TPSA) is 88.3 Å². The second-order valence-electron chi connectivity index (χ2n) is 6.30. The quantitative estimate of drug-likeness (QED) is 0.878. The monoisotopic (exact) mass is 332 g/mol. The summed E-state index contributed by atoms with van der Waals surface area (Å²) in [7, 11) is 0. The van der Waals surface area contributed by atoms with Gasteiger partial charge in [-0.3, -0.25) is 9.59 Å². The Morgan fingerprint density at radius 3 is 2.54 bits per heavy atom. The average Bonchev–Trinajstić information content (AvgIpc) is 2.93. The Balaban J connectivity index is 2.47. The van der Waals surface area contributed by atoms with E-state index in [1.807, 2.05) is 27.7 Å². The Morgan fingerprint density at radius 2 is 2.00 bits per heavy atom. The van der Waals surface area contributed by atoms with Gasteiger partial charge in [-0.05, 0) is 40.2 Å². The van der Waals surface area contributed by atoms with E-state index in [0.717, 1.165) is 11.0 Å². The highest BCUT2D eigenvalue weighted by Gasteiger charge is 2.25. The van der Waals surface area contributed by atoms with Gasteiger partial charge < -0.3 is 10.0 Å². The van der Waals surface area contributed by atoms with Crippen molar-refractivity contribution in [3.8, 4) is 0 Å². The van der Waals surface area contributed by atoms with E-state index in [1.54, 1.807) is 23.9 Å². The zero-order chi connectivity index (χ0) is 18.0. The number of amides is 1. The van der Waals surface area contributed by atoms with Crippen LogP contribution in [-0.4, -0.2) is 49.2 Å². The minimum absolute atomic E-state index is 0.165. The van der Waals surface area contributed by atoms with E-state index in [0.29, 0.717) is 17.7 Å². The van der Waals surface area contributed by atoms with Gasteiger partial charge >= 0.3 is 5.97 Å². The van der Waals surface area contributed by atoms with Crippen molar-refractivity contribution < 1.29 is 14.7 Å². The fraction of sp³-hybridized carbons (Fsp3) is 0.529. The van der Waals surface area contributed by atoms with E-state index in [-0.39, 0.29) is 24.5 Å². The average molecular weight is 332 g/mol. The molecule has 1 amide bonds. The lowest BCUT2D eigenvalue weighted by molar-refractivity contribution is -0.138. The summed E-state index contributed by atoms with van der Waals surface area (Å²) in [6, 6.07) is 1.75. The first-order valence-electron chi connectivity index (χ1n) is 8.13. The van der Waals surface area contributed by atoms with Crippen molar-refractivity contribution in [1.82, 2.24) is 19.7 Å². The molecule has 2 rings (SSSR count). The van der Waals surface area contributed by atoms with Crippen molar-refractivity contribution in [2.24, 2.45) is 0 Å². The maximum Gasteiger partial charge on any atom is 0.323 e. The first kappa shape index (κ1) is 17.9. The van der Waals surface area contributed by atoms with Gasteiger partial charge in [0, 0.05) is 17.5 Å². The van der Waals surface area contributed by atoms with Crippen molar-refractivity contribution >= 4 is 22.9 Å². The van der Waals surface area contributed by atoms with Crippen LogP contribution in [-0.2, 0) is 4.79 Å². The summed E-state index contributed by atoms with van der Waals surface area (Å²) in [6.45, 7) is 9.24. The molecule has 0 aromatic carbocycles. The maximum absolute atomic E-state index is 12.9. The molecule has 24 heavy (non-hydrogen) atoms. The number of carboxylic acids is 1. The predicted octanol–water partition coefficient (Wildman–Crippen LogP) is 2.65. The molecule has 0 aliphatic rings. The second-order valence-corrected chi connectivity index (χ2v) is 6.30. The summed E-state index contributed by atoms with van der Waals surface area (Å²) >= 11 is 0. The minimum Gasteiger partial charge on any atom is -0.480 e. The molecule has 2 aromatic rings. The van der Waals surface area contributed by atoms with Crippen LogP contribution in [0.5, 0.6) is 0 Å². The van der Waals surface area contributed by atoms with Crippen LogP contribution < -0.4 is 0 Å². The van der Waals surface area contributed by atoms with Crippen molar-refractivity contribution in [2.45, 2.75) is 53.1 Å². The predicted molar refractivity (Wildman–Crippen MR) is 91.1 cm³/mol. The van der Waals surface area contributed by atoms with Gasteiger partial charge in [-0.2, -0.15) is 5.10 Å². The summed E-state index contributed by atoms with van der Waals surface area (Å²) < 4.78 is 1.81. The molecule has 0 aliphatic heterocycles. The van der Waals surface area contributed by atoms with Crippen LogP contribution in [0.3, 0.4) is 0 Å². The normalized spacial score (nSPS) is 12.6. The molecule has 1 N–H and O–H groups in total. The first-order chi connectivity index (χ1) is 11.3. The maximum atomic E-state index is 12.9. The summed E-state index contributed by atoms with van der Waals surface area (Å²) in [5.74, 6) is -1.33. The van der Waals surface area contributed by atoms with Crippen LogP contribution in [0.2, 0.25) is 0 Å². The number of fused-ring (bicyclic) bond motifs is 1.